The summed E-state index contributed by atoms with van der Waals surface area (Å²) >= 11 is 0. The van der Waals surface area contributed by atoms with E-state index in [2.05, 4.69) is 11.2 Å². The average molecular weight is 434 g/mol. The Morgan fingerprint density at radius 1 is 1.00 bits per heavy atom. The fourth-order valence-corrected chi connectivity index (χ4v) is 4.54. The molecule has 0 bridgehead atoms. The van der Waals surface area contributed by atoms with Crippen molar-refractivity contribution in [2.75, 3.05) is 11.4 Å². The second kappa shape index (κ2) is 8.06. The molecule has 1 aliphatic rings. The van der Waals surface area contributed by atoms with Gasteiger partial charge in [-0.25, -0.2) is 9.67 Å². The van der Waals surface area contributed by atoms with Crippen LogP contribution in [0.1, 0.15) is 28.1 Å². The van der Waals surface area contributed by atoms with Gasteiger partial charge in [-0.15, -0.1) is 0 Å². The zero-order chi connectivity index (χ0) is 22.2. The van der Waals surface area contributed by atoms with Crippen molar-refractivity contribution in [1.82, 2.24) is 14.8 Å². The van der Waals surface area contributed by atoms with Crippen LogP contribution in [0.15, 0.2) is 89.7 Å². The molecule has 5 aromatic rings. The number of rotatable bonds is 4. The lowest BCUT2D eigenvalue weighted by atomic mass is 10.00. The number of amides is 1. The van der Waals surface area contributed by atoms with Crippen molar-refractivity contribution in [3.63, 3.8) is 0 Å². The molecule has 0 saturated carbocycles. The maximum Gasteiger partial charge on any atom is 0.259 e. The van der Waals surface area contributed by atoms with Crippen LogP contribution in [0.3, 0.4) is 0 Å². The first-order valence-electron chi connectivity index (χ1n) is 11.1. The summed E-state index contributed by atoms with van der Waals surface area (Å²) in [6, 6.07) is 23.8. The minimum absolute atomic E-state index is 0.0238. The molecule has 6 nitrogen and oxygen atoms in total. The van der Waals surface area contributed by atoms with Gasteiger partial charge in [-0.05, 0) is 42.7 Å². The van der Waals surface area contributed by atoms with Gasteiger partial charge in [0.25, 0.3) is 5.91 Å². The van der Waals surface area contributed by atoms with Gasteiger partial charge in [0, 0.05) is 17.8 Å². The number of aryl methyl sites for hydroxylation is 1. The number of pyridine rings is 1. The van der Waals surface area contributed by atoms with Gasteiger partial charge in [-0.3, -0.25) is 4.79 Å². The lowest BCUT2D eigenvalue weighted by Gasteiger charge is -2.29. The van der Waals surface area contributed by atoms with Gasteiger partial charge in [-0.1, -0.05) is 48.5 Å². The van der Waals surface area contributed by atoms with Crippen LogP contribution in [-0.2, 0) is 13.0 Å². The van der Waals surface area contributed by atoms with Gasteiger partial charge in [0.05, 0.1) is 29.1 Å². The summed E-state index contributed by atoms with van der Waals surface area (Å²) in [6.45, 7) is 1.14. The summed E-state index contributed by atoms with van der Waals surface area (Å²) in [6.07, 6.45) is 5.32. The van der Waals surface area contributed by atoms with E-state index in [0.717, 1.165) is 40.9 Å². The zero-order valence-electron chi connectivity index (χ0n) is 18.0. The first-order chi connectivity index (χ1) is 16.3. The molecule has 0 unspecified atom stereocenters. The highest BCUT2D eigenvalue weighted by atomic mass is 16.3. The summed E-state index contributed by atoms with van der Waals surface area (Å²) in [5, 5.41) is 5.31. The number of carbonyl (C=O) groups excluding carboxylic acids is 1. The van der Waals surface area contributed by atoms with Crippen LogP contribution >= 0.6 is 0 Å². The molecule has 0 fully saturated rings. The van der Waals surface area contributed by atoms with Crippen LogP contribution in [0.5, 0.6) is 0 Å². The van der Waals surface area contributed by atoms with Crippen LogP contribution in [0.25, 0.3) is 22.3 Å². The van der Waals surface area contributed by atoms with Crippen LogP contribution in [-0.4, -0.2) is 27.2 Å². The second-order valence-electron chi connectivity index (χ2n) is 8.23. The standard InChI is InChI=1S/C27H22N4O2/c32-27(30-14-6-11-20-10-4-5-13-25(20)30)22-16-24(19-8-2-1-3-9-19)29-26-23(22)17-28-31(26)18-21-12-7-15-33-21/h1-5,7-10,12-13,15-17H,6,11,14,18H2. The highest BCUT2D eigenvalue weighted by Gasteiger charge is 2.26. The van der Waals surface area contributed by atoms with Crippen molar-refractivity contribution in [1.29, 1.82) is 0 Å². The molecule has 1 aliphatic heterocycles. The maximum atomic E-state index is 13.9. The molecule has 162 valence electrons. The first-order valence-corrected chi connectivity index (χ1v) is 11.1. The number of furan rings is 1. The van der Waals surface area contributed by atoms with Crippen LogP contribution in [0, 0.1) is 0 Å². The Hall–Kier alpha value is -4.19. The number of hydrogen-bond donors (Lipinski definition) is 0. The molecule has 0 atom stereocenters. The second-order valence-corrected chi connectivity index (χ2v) is 8.23. The van der Waals surface area contributed by atoms with E-state index >= 15 is 0 Å². The average Bonchev–Trinajstić information content (AvgIpc) is 3.54. The highest BCUT2D eigenvalue weighted by molar-refractivity contribution is 6.14. The zero-order valence-corrected chi connectivity index (χ0v) is 18.0. The summed E-state index contributed by atoms with van der Waals surface area (Å²) in [4.78, 5) is 20.7. The van der Waals surface area contributed by atoms with E-state index in [9.17, 15) is 4.79 Å². The van der Waals surface area contributed by atoms with Crippen molar-refractivity contribution < 1.29 is 9.21 Å². The number of benzene rings is 2. The maximum absolute atomic E-state index is 13.9. The predicted octanol–water partition coefficient (Wildman–Crippen LogP) is 5.33. The molecule has 0 aliphatic carbocycles. The van der Waals surface area contributed by atoms with Gasteiger partial charge < -0.3 is 9.32 Å². The number of hydrogen-bond acceptors (Lipinski definition) is 4. The number of anilines is 1. The third-order valence-corrected chi connectivity index (χ3v) is 6.15. The van der Waals surface area contributed by atoms with E-state index in [0.29, 0.717) is 24.3 Å². The fourth-order valence-electron chi connectivity index (χ4n) is 4.54. The molecule has 0 saturated heterocycles. The third kappa shape index (κ3) is 3.49. The predicted molar refractivity (Wildman–Crippen MR) is 127 cm³/mol. The summed E-state index contributed by atoms with van der Waals surface area (Å²) in [5.74, 6) is 0.758. The van der Waals surface area contributed by atoms with Crippen molar-refractivity contribution in [3.05, 3.63) is 102 Å². The monoisotopic (exact) mass is 434 g/mol. The quantitative estimate of drug-likeness (QED) is 0.383. The van der Waals surface area contributed by atoms with Crippen molar-refractivity contribution >= 4 is 22.6 Å². The molecule has 33 heavy (non-hydrogen) atoms. The Labute approximate surface area is 191 Å². The topological polar surface area (TPSA) is 64.2 Å². The lowest BCUT2D eigenvalue weighted by Crippen LogP contribution is -2.35. The van der Waals surface area contributed by atoms with Gasteiger partial charge in [0.15, 0.2) is 5.65 Å². The minimum atomic E-state index is -0.0238. The number of aromatic nitrogens is 3. The Morgan fingerprint density at radius 2 is 1.85 bits per heavy atom. The normalized spacial score (nSPS) is 13.3. The molecule has 3 aromatic heterocycles. The number of para-hydroxylation sites is 1. The molecule has 2 aromatic carbocycles. The summed E-state index contributed by atoms with van der Waals surface area (Å²) in [5.41, 5.74) is 5.18. The Balaban J connectivity index is 1.51. The van der Waals surface area contributed by atoms with Gasteiger partial charge in [0.2, 0.25) is 0 Å². The van der Waals surface area contributed by atoms with Crippen molar-refractivity contribution in [2.45, 2.75) is 19.4 Å². The Kier molecular flexibility index (Phi) is 4.76. The molecule has 0 radical (unpaired) electrons. The van der Waals surface area contributed by atoms with Gasteiger partial charge >= 0.3 is 0 Å². The summed E-state index contributed by atoms with van der Waals surface area (Å²) < 4.78 is 7.31. The molecular weight excluding hydrogens is 412 g/mol. The molecule has 0 N–H and O–H groups in total. The summed E-state index contributed by atoms with van der Waals surface area (Å²) in [7, 11) is 0. The SMILES string of the molecule is O=C(c1cc(-c2ccccc2)nc2c1cnn2Cc1ccco1)N1CCCc2ccccc21. The van der Waals surface area contributed by atoms with Crippen molar-refractivity contribution in [2.24, 2.45) is 0 Å². The van der Waals surface area contributed by atoms with Crippen molar-refractivity contribution in [3.8, 4) is 11.3 Å². The van der Waals surface area contributed by atoms with E-state index in [1.807, 2.05) is 71.6 Å². The Morgan fingerprint density at radius 3 is 2.70 bits per heavy atom. The van der Waals surface area contributed by atoms with E-state index in [-0.39, 0.29) is 5.91 Å². The highest BCUT2D eigenvalue weighted by Crippen LogP contribution is 2.31. The fraction of sp³-hybridized carbons (Fsp3) is 0.148. The smallest absolute Gasteiger partial charge is 0.259 e. The molecule has 0 spiro atoms. The number of nitrogens with zero attached hydrogens (tertiary/aromatic N) is 4. The Bertz CT molecular complexity index is 1440. The van der Waals surface area contributed by atoms with E-state index in [1.165, 1.54) is 5.56 Å². The molecule has 6 rings (SSSR count). The van der Waals surface area contributed by atoms with Crippen LogP contribution in [0.4, 0.5) is 5.69 Å². The van der Waals surface area contributed by atoms with Gasteiger partial charge in [0.1, 0.15) is 12.3 Å². The van der Waals surface area contributed by atoms with E-state index in [4.69, 9.17) is 9.40 Å². The minimum Gasteiger partial charge on any atom is -0.467 e. The lowest BCUT2D eigenvalue weighted by molar-refractivity contribution is 0.0986. The van der Waals surface area contributed by atoms with E-state index in [1.54, 1.807) is 17.1 Å². The number of carbonyl (C=O) groups is 1. The molecule has 4 heterocycles. The molecule has 1 amide bonds. The first kappa shape index (κ1) is 19.5. The number of fused-ring (bicyclic) bond motifs is 2. The molecular formula is C27H22N4O2. The largest absolute Gasteiger partial charge is 0.467 e. The van der Waals surface area contributed by atoms with E-state index < -0.39 is 0 Å². The van der Waals surface area contributed by atoms with Crippen LogP contribution < -0.4 is 4.90 Å². The molecule has 6 heteroatoms. The van der Waals surface area contributed by atoms with Gasteiger partial charge in [-0.2, -0.15) is 5.10 Å². The van der Waals surface area contributed by atoms with Crippen LogP contribution in [0.2, 0.25) is 0 Å². The third-order valence-electron chi connectivity index (χ3n) is 6.15.